The average molecular weight is 408 g/mol. The van der Waals surface area contributed by atoms with Crippen LogP contribution in [0.5, 0.6) is 0 Å². The van der Waals surface area contributed by atoms with Crippen LogP contribution in [0.15, 0.2) is 36.4 Å². The van der Waals surface area contributed by atoms with Gasteiger partial charge in [0.05, 0.1) is 6.04 Å². The first kappa shape index (κ1) is 15.7. The van der Waals surface area contributed by atoms with E-state index in [1.54, 1.807) is 0 Å². The average Bonchev–Trinajstić information content (AvgIpc) is 2.40. The second-order valence-electron chi connectivity index (χ2n) is 4.33. The molecule has 5 heteroatoms. The van der Waals surface area contributed by atoms with Gasteiger partial charge in [0, 0.05) is 8.59 Å². The lowest BCUT2D eigenvalue weighted by Crippen LogP contribution is -2.22. The lowest BCUT2D eigenvalue weighted by molar-refractivity contribution is 0.504. The highest BCUT2D eigenvalue weighted by Gasteiger charge is 2.19. The summed E-state index contributed by atoms with van der Waals surface area (Å²) in [5.74, 6) is -1.82. The highest BCUT2D eigenvalue weighted by Crippen LogP contribution is 2.30. The fourth-order valence-corrected chi connectivity index (χ4v) is 2.88. The van der Waals surface area contributed by atoms with Gasteiger partial charge in [0.15, 0.2) is 11.6 Å². The molecular weight excluding hydrogens is 395 g/mol. The Hall–Kier alpha value is -0.720. The Balaban J connectivity index is 2.51. The summed E-state index contributed by atoms with van der Waals surface area (Å²) in [6, 6.07) is 9.74. The molecule has 1 nitrogen and oxygen atoms in total. The molecule has 0 heterocycles. The van der Waals surface area contributed by atoms with Crippen molar-refractivity contribution >= 4 is 34.2 Å². The standard InChI is InChI=1S/C15H13ClF2IN/c1-2-20-15(9-4-3-5-10(19)6-9)11-7-13(17)14(18)8-12(11)16/h3-8,15,20H,2H2,1H3. The van der Waals surface area contributed by atoms with Crippen molar-refractivity contribution in [2.24, 2.45) is 0 Å². The number of hydrogen-bond acceptors (Lipinski definition) is 1. The van der Waals surface area contributed by atoms with Gasteiger partial charge in [-0.3, -0.25) is 0 Å². The van der Waals surface area contributed by atoms with Crippen LogP contribution in [0.2, 0.25) is 5.02 Å². The molecule has 0 amide bonds. The third-order valence-electron chi connectivity index (χ3n) is 2.94. The maximum Gasteiger partial charge on any atom is 0.160 e. The zero-order chi connectivity index (χ0) is 14.7. The Morgan fingerprint density at radius 1 is 1.20 bits per heavy atom. The number of rotatable bonds is 4. The van der Waals surface area contributed by atoms with Crippen molar-refractivity contribution in [2.75, 3.05) is 6.54 Å². The highest BCUT2D eigenvalue weighted by molar-refractivity contribution is 14.1. The Morgan fingerprint density at radius 2 is 1.90 bits per heavy atom. The molecule has 0 radical (unpaired) electrons. The number of halogens is 4. The van der Waals surface area contributed by atoms with Gasteiger partial charge < -0.3 is 5.32 Å². The first-order valence-electron chi connectivity index (χ1n) is 6.16. The molecule has 1 atom stereocenters. The SMILES string of the molecule is CCNC(c1cccc(I)c1)c1cc(F)c(F)cc1Cl. The molecule has 2 aromatic rings. The van der Waals surface area contributed by atoms with Crippen molar-refractivity contribution in [2.45, 2.75) is 13.0 Å². The molecule has 0 aliphatic heterocycles. The van der Waals surface area contributed by atoms with Gasteiger partial charge in [-0.2, -0.15) is 0 Å². The van der Waals surface area contributed by atoms with Crippen molar-refractivity contribution in [1.29, 1.82) is 0 Å². The summed E-state index contributed by atoms with van der Waals surface area (Å²) in [7, 11) is 0. The zero-order valence-corrected chi connectivity index (χ0v) is 13.7. The van der Waals surface area contributed by atoms with E-state index < -0.39 is 11.6 Å². The van der Waals surface area contributed by atoms with Gasteiger partial charge >= 0.3 is 0 Å². The number of nitrogens with one attached hydrogen (secondary N) is 1. The molecule has 106 valence electrons. The number of hydrogen-bond donors (Lipinski definition) is 1. The van der Waals surface area contributed by atoms with Crippen molar-refractivity contribution in [3.63, 3.8) is 0 Å². The van der Waals surface area contributed by atoms with Gasteiger partial charge in [0.2, 0.25) is 0 Å². The minimum atomic E-state index is -0.934. The van der Waals surface area contributed by atoms with Crippen molar-refractivity contribution < 1.29 is 8.78 Å². The van der Waals surface area contributed by atoms with Gasteiger partial charge in [-0.15, -0.1) is 0 Å². The lowest BCUT2D eigenvalue weighted by Gasteiger charge is -2.20. The smallest absolute Gasteiger partial charge is 0.160 e. The molecular formula is C15H13ClF2IN. The Bertz CT molecular complexity index is 619. The van der Waals surface area contributed by atoms with Gasteiger partial charge in [-0.25, -0.2) is 8.78 Å². The summed E-state index contributed by atoms with van der Waals surface area (Å²) in [5, 5.41) is 3.47. The predicted molar refractivity (Wildman–Crippen MR) is 86.0 cm³/mol. The highest BCUT2D eigenvalue weighted by atomic mass is 127. The van der Waals surface area contributed by atoms with Crippen LogP contribution in [-0.2, 0) is 0 Å². The van der Waals surface area contributed by atoms with Crippen LogP contribution in [0.4, 0.5) is 8.78 Å². The third-order valence-corrected chi connectivity index (χ3v) is 3.94. The molecule has 0 saturated heterocycles. The van der Waals surface area contributed by atoms with Gasteiger partial charge in [-0.1, -0.05) is 30.7 Å². The Kier molecular flexibility index (Phi) is 5.35. The first-order chi connectivity index (χ1) is 9.52. The molecule has 0 saturated carbocycles. The predicted octanol–water partition coefficient (Wildman–Crippen LogP) is 4.92. The molecule has 0 aromatic heterocycles. The van der Waals surface area contributed by atoms with E-state index in [1.165, 1.54) is 0 Å². The monoisotopic (exact) mass is 407 g/mol. The summed E-state index contributed by atoms with van der Waals surface area (Å²) < 4.78 is 27.8. The topological polar surface area (TPSA) is 12.0 Å². The van der Waals surface area contributed by atoms with E-state index in [2.05, 4.69) is 27.9 Å². The maximum absolute atomic E-state index is 13.5. The van der Waals surface area contributed by atoms with Crippen LogP contribution in [0, 0.1) is 15.2 Å². The largest absolute Gasteiger partial charge is 0.306 e. The minimum absolute atomic E-state index is 0.216. The quantitative estimate of drug-likeness (QED) is 0.560. The molecule has 2 rings (SSSR count). The van der Waals surface area contributed by atoms with Gasteiger partial charge in [0.25, 0.3) is 0 Å². The van der Waals surface area contributed by atoms with Crippen LogP contribution >= 0.6 is 34.2 Å². The van der Waals surface area contributed by atoms with E-state index in [9.17, 15) is 8.78 Å². The second-order valence-corrected chi connectivity index (χ2v) is 5.99. The molecule has 1 unspecified atom stereocenters. The summed E-state index contributed by atoms with van der Waals surface area (Å²) in [4.78, 5) is 0. The van der Waals surface area contributed by atoms with E-state index in [-0.39, 0.29) is 11.1 Å². The van der Waals surface area contributed by atoms with Crippen molar-refractivity contribution in [3.8, 4) is 0 Å². The Labute approximate surface area is 135 Å². The first-order valence-corrected chi connectivity index (χ1v) is 7.62. The van der Waals surface area contributed by atoms with E-state index in [0.717, 1.165) is 21.3 Å². The summed E-state index contributed by atoms with van der Waals surface area (Å²) in [5.41, 5.74) is 1.50. The molecule has 0 bridgehead atoms. The molecule has 0 aliphatic rings. The molecule has 2 aromatic carbocycles. The Morgan fingerprint density at radius 3 is 2.55 bits per heavy atom. The van der Waals surface area contributed by atoms with E-state index in [1.807, 2.05) is 31.2 Å². The zero-order valence-electron chi connectivity index (χ0n) is 10.8. The molecule has 0 spiro atoms. The summed E-state index contributed by atoms with van der Waals surface area (Å²) in [6.07, 6.45) is 0. The summed E-state index contributed by atoms with van der Waals surface area (Å²) >= 11 is 8.29. The van der Waals surface area contributed by atoms with Crippen LogP contribution in [0.1, 0.15) is 24.1 Å². The van der Waals surface area contributed by atoms with Crippen LogP contribution in [0.3, 0.4) is 0 Å². The lowest BCUT2D eigenvalue weighted by atomic mass is 9.98. The fraction of sp³-hybridized carbons (Fsp3) is 0.200. The summed E-state index contributed by atoms with van der Waals surface area (Å²) in [6.45, 7) is 2.64. The van der Waals surface area contributed by atoms with Crippen LogP contribution < -0.4 is 5.32 Å². The van der Waals surface area contributed by atoms with Crippen molar-refractivity contribution in [3.05, 3.63) is 67.8 Å². The van der Waals surface area contributed by atoms with Crippen LogP contribution in [0.25, 0.3) is 0 Å². The van der Waals surface area contributed by atoms with E-state index in [4.69, 9.17) is 11.6 Å². The van der Waals surface area contributed by atoms with Crippen LogP contribution in [-0.4, -0.2) is 6.54 Å². The number of benzene rings is 2. The van der Waals surface area contributed by atoms with Gasteiger partial charge in [-0.05, 0) is 64.5 Å². The van der Waals surface area contributed by atoms with Gasteiger partial charge in [0.1, 0.15) is 0 Å². The normalized spacial score (nSPS) is 12.4. The fourth-order valence-electron chi connectivity index (χ4n) is 2.06. The molecule has 20 heavy (non-hydrogen) atoms. The molecule has 0 fully saturated rings. The maximum atomic E-state index is 13.5. The molecule has 0 aliphatic carbocycles. The second kappa shape index (κ2) is 6.83. The minimum Gasteiger partial charge on any atom is -0.306 e. The molecule has 1 N–H and O–H groups in total. The van der Waals surface area contributed by atoms with E-state index in [0.29, 0.717) is 12.1 Å². The third kappa shape index (κ3) is 3.48. The van der Waals surface area contributed by atoms with E-state index >= 15 is 0 Å². The van der Waals surface area contributed by atoms with Crippen molar-refractivity contribution in [1.82, 2.24) is 5.32 Å².